The Bertz CT molecular complexity index is 1630. The van der Waals surface area contributed by atoms with Gasteiger partial charge in [-0.2, -0.15) is 9.61 Å². The first-order chi connectivity index (χ1) is 19.4. The lowest BCUT2D eigenvalue weighted by Gasteiger charge is -2.38. The summed E-state index contributed by atoms with van der Waals surface area (Å²) < 4.78 is 6.46. The van der Waals surface area contributed by atoms with Crippen molar-refractivity contribution in [3.8, 4) is 11.1 Å². The number of H-pyrrole nitrogens is 1. The molecule has 2 amide bonds. The van der Waals surface area contributed by atoms with E-state index >= 15 is 0 Å². The molecule has 2 bridgehead atoms. The minimum atomic E-state index is -0.464. The molecule has 0 aliphatic carbocycles. The summed E-state index contributed by atoms with van der Waals surface area (Å²) in [6.45, 7) is 1.71. The van der Waals surface area contributed by atoms with Gasteiger partial charge in [-0.05, 0) is 38.7 Å². The third kappa shape index (κ3) is 3.78. The van der Waals surface area contributed by atoms with Gasteiger partial charge in [0, 0.05) is 35.3 Å². The van der Waals surface area contributed by atoms with E-state index in [2.05, 4.69) is 30.6 Å². The van der Waals surface area contributed by atoms with Crippen LogP contribution in [-0.2, 0) is 4.74 Å². The van der Waals surface area contributed by atoms with E-state index < -0.39 is 6.09 Å². The number of rotatable bonds is 5. The quantitative estimate of drug-likeness (QED) is 0.315. The second kappa shape index (κ2) is 9.10. The molecule has 0 aromatic carbocycles. The maximum absolute atomic E-state index is 13.1. The Morgan fingerprint density at radius 2 is 1.95 bits per heavy atom. The largest absolute Gasteiger partial charge is 0.447 e. The Hall–Kier alpha value is -4.88. The molecule has 3 aliphatic rings. The van der Waals surface area contributed by atoms with Gasteiger partial charge in [0.15, 0.2) is 11.4 Å². The number of cyclic esters (lactones) is 1. The molecule has 0 spiro atoms. The molecule has 3 saturated heterocycles. The third-order valence-electron chi connectivity index (χ3n) is 8.16. The summed E-state index contributed by atoms with van der Waals surface area (Å²) >= 11 is 0. The summed E-state index contributed by atoms with van der Waals surface area (Å²) in [5, 5.41) is 14.8. The maximum Gasteiger partial charge on any atom is 0.407 e. The number of carbonyl (C=O) groups is 3. The normalized spacial score (nSPS) is 23.8. The zero-order valence-corrected chi connectivity index (χ0v) is 21.6. The number of Topliss-reactive ketones (excluding diaryl/α,β-unsaturated/α-hetero) is 1. The molecule has 3 aliphatic heterocycles. The van der Waals surface area contributed by atoms with Crippen LogP contribution in [0.3, 0.4) is 0 Å². The number of nitrogens with zero attached hydrogens (tertiary/aromatic N) is 7. The van der Waals surface area contributed by atoms with E-state index in [0.717, 1.165) is 24.0 Å². The summed E-state index contributed by atoms with van der Waals surface area (Å²) in [5.74, 6) is 0.0718. The van der Waals surface area contributed by atoms with Gasteiger partial charge in [-0.15, -0.1) is 10.2 Å². The van der Waals surface area contributed by atoms with Crippen LogP contribution in [-0.4, -0.2) is 76.1 Å². The highest BCUT2D eigenvalue weighted by molar-refractivity contribution is 6.00. The number of nitrogens with two attached hydrogens (primary N) is 1. The molecule has 1 unspecified atom stereocenters. The Balaban J connectivity index is 1.24. The highest BCUT2D eigenvalue weighted by Gasteiger charge is 2.45. The molecule has 4 aromatic rings. The van der Waals surface area contributed by atoms with E-state index in [1.165, 1.54) is 17.8 Å². The van der Waals surface area contributed by atoms with Gasteiger partial charge in [0.05, 0.1) is 23.1 Å². The summed E-state index contributed by atoms with van der Waals surface area (Å²) in [5.41, 5.74) is 10.2. The summed E-state index contributed by atoms with van der Waals surface area (Å²) in [4.78, 5) is 51.6. The van der Waals surface area contributed by atoms with Gasteiger partial charge in [0.2, 0.25) is 5.82 Å². The number of piperidine rings is 1. The number of amides is 2. The summed E-state index contributed by atoms with van der Waals surface area (Å²) in [6, 6.07) is 3.41. The van der Waals surface area contributed by atoms with E-state index in [-0.39, 0.29) is 54.0 Å². The van der Waals surface area contributed by atoms with Gasteiger partial charge in [0.25, 0.3) is 5.91 Å². The van der Waals surface area contributed by atoms with E-state index in [9.17, 15) is 14.4 Å². The fraction of sp³-hybridized carbons (Fsp3) is 0.385. The zero-order valence-electron chi connectivity index (χ0n) is 21.6. The summed E-state index contributed by atoms with van der Waals surface area (Å²) in [7, 11) is 0. The van der Waals surface area contributed by atoms with Crippen molar-refractivity contribution in [2.24, 2.45) is 0 Å². The molecule has 3 fully saturated rings. The monoisotopic (exact) mass is 542 g/mol. The van der Waals surface area contributed by atoms with Crippen molar-refractivity contribution >= 4 is 29.2 Å². The molecule has 204 valence electrons. The lowest BCUT2D eigenvalue weighted by molar-refractivity contribution is 0.0556. The number of hydrogen-bond donors (Lipinski definition) is 3. The van der Waals surface area contributed by atoms with Gasteiger partial charge in [-0.3, -0.25) is 14.6 Å². The smallest absolute Gasteiger partial charge is 0.407 e. The Kier molecular flexibility index (Phi) is 5.50. The van der Waals surface area contributed by atoms with Crippen molar-refractivity contribution in [3.63, 3.8) is 0 Å². The predicted molar refractivity (Wildman–Crippen MR) is 139 cm³/mol. The number of carbonyl (C=O) groups excluding carboxylic acids is 3. The summed E-state index contributed by atoms with van der Waals surface area (Å²) in [6.07, 6.45) is 7.35. The van der Waals surface area contributed by atoms with Gasteiger partial charge < -0.3 is 25.7 Å². The number of ether oxygens (including phenoxy) is 1. The van der Waals surface area contributed by atoms with Crippen LogP contribution in [0.15, 0.2) is 30.9 Å². The van der Waals surface area contributed by atoms with Crippen LogP contribution in [0.2, 0.25) is 0 Å². The first-order valence-electron chi connectivity index (χ1n) is 13.2. The number of hydrogen-bond acceptors (Lipinski definition) is 10. The first-order valence-corrected chi connectivity index (χ1v) is 13.2. The van der Waals surface area contributed by atoms with Gasteiger partial charge in [-0.1, -0.05) is 6.07 Å². The molecule has 0 radical (unpaired) electrons. The third-order valence-corrected chi connectivity index (χ3v) is 8.16. The van der Waals surface area contributed by atoms with Crippen molar-refractivity contribution < 1.29 is 19.1 Å². The van der Waals surface area contributed by atoms with E-state index in [0.29, 0.717) is 35.4 Å². The molecule has 7 heterocycles. The Labute approximate surface area is 227 Å². The highest BCUT2D eigenvalue weighted by atomic mass is 16.6. The number of aromatic nitrogens is 7. The van der Waals surface area contributed by atoms with Crippen molar-refractivity contribution in [3.05, 3.63) is 53.6 Å². The number of pyridine rings is 1. The SMILES string of the molecule is CC(=O)c1c(C2C[C@H]3CC[C@@H](C2)N3C(=O)c2nnc[nH]2)nc2c(-c3ccc([C@@H]4COC(=O)N4)nc3)cnn2c1N. The van der Waals surface area contributed by atoms with E-state index in [4.69, 9.17) is 15.5 Å². The number of fused-ring (bicyclic) bond motifs is 3. The minimum absolute atomic E-state index is 0.00147. The van der Waals surface area contributed by atoms with Crippen LogP contribution < -0.4 is 11.1 Å². The highest BCUT2D eigenvalue weighted by Crippen LogP contribution is 2.45. The molecule has 7 rings (SSSR count). The topological polar surface area (TPSA) is 186 Å². The number of ketones is 1. The molecule has 40 heavy (non-hydrogen) atoms. The fourth-order valence-electron chi connectivity index (χ4n) is 6.37. The van der Waals surface area contributed by atoms with Crippen LogP contribution in [0.5, 0.6) is 0 Å². The van der Waals surface area contributed by atoms with Crippen molar-refractivity contribution in [2.75, 3.05) is 12.3 Å². The fourth-order valence-corrected chi connectivity index (χ4v) is 6.37. The van der Waals surface area contributed by atoms with Crippen molar-refractivity contribution in [1.82, 2.24) is 45.0 Å². The molecule has 4 aromatic heterocycles. The number of alkyl carbamates (subject to hydrolysis) is 1. The number of anilines is 1. The van der Waals surface area contributed by atoms with Crippen LogP contribution in [0, 0.1) is 0 Å². The maximum atomic E-state index is 13.1. The molecule has 14 nitrogen and oxygen atoms in total. The minimum Gasteiger partial charge on any atom is -0.447 e. The second-order valence-corrected chi connectivity index (χ2v) is 10.5. The van der Waals surface area contributed by atoms with Gasteiger partial charge in [-0.25, -0.2) is 9.78 Å². The molecule has 4 N–H and O–H groups in total. The zero-order chi connectivity index (χ0) is 27.5. The lowest BCUT2D eigenvalue weighted by atomic mass is 9.85. The standard InChI is InChI=1S/C26H26N10O4/c1-12(37)20-21(14-6-15-3-4-16(7-14)35(15)25(38)23-29-11-30-34-23)33-24-17(9-31-36(24)22(20)27)13-2-5-18(28-8-13)19-10-40-26(39)32-19/h2,5,8-9,11,14-16,19H,3-4,6-7,10,27H2,1H3,(H,32,39)(H,29,30,34)/t14?,15-,16+,19-/m0/s1. The van der Waals surface area contributed by atoms with Crippen LogP contribution in [0.1, 0.15) is 76.9 Å². The Morgan fingerprint density at radius 3 is 2.58 bits per heavy atom. The van der Waals surface area contributed by atoms with Crippen LogP contribution >= 0.6 is 0 Å². The van der Waals surface area contributed by atoms with Crippen molar-refractivity contribution in [1.29, 1.82) is 0 Å². The van der Waals surface area contributed by atoms with Crippen molar-refractivity contribution in [2.45, 2.75) is 56.7 Å². The number of aromatic amines is 1. The molecule has 0 saturated carbocycles. The Morgan fingerprint density at radius 1 is 1.15 bits per heavy atom. The average molecular weight is 543 g/mol. The van der Waals surface area contributed by atoms with Gasteiger partial charge in [0.1, 0.15) is 24.8 Å². The van der Waals surface area contributed by atoms with Crippen LogP contribution in [0.25, 0.3) is 16.8 Å². The van der Waals surface area contributed by atoms with Crippen LogP contribution in [0.4, 0.5) is 10.6 Å². The number of nitrogens with one attached hydrogen (secondary N) is 2. The van der Waals surface area contributed by atoms with E-state index in [1.54, 1.807) is 12.4 Å². The predicted octanol–water partition coefficient (Wildman–Crippen LogP) is 2.03. The average Bonchev–Trinajstić information content (AvgIpc) is 3.75. The molecule has 14 heteroatoms. The van der Waals surface area contributed by atoms with E-state index in [1.807, 2.05) is 17.0 Å². The second-order valence-electron chi connectivity index (χ2n) is 10.5. The molecular weight excluding hydrogens is 516 g/mol. The van der Waals surface area contributed by atoms with Gasteiger partial charge >= 0.3 is 6.09 Å². The first kappa shape index (κ1) is 24.2. The lowest BCUT2D eigenvalue weighted by Crippen LogP contribution is -2.46. The number of nitrogen functional groups attached to an aromatic ring is 1. The molecular formula is C26H26N10O4. The molecule has 4 atom stereocenters.